The van der Waals surface area contributed by atoms with Crippen LogP contribution >= 0.6 is 0 Å². The van der Waals surface area contributed by atoms with Gasteiger partial charge in [0.25, 0.3) is 5.56 Å². The Morgan fingerprint density at radius 3 is 3.00 bits per heavy atom. The van der Waals surface area contributed by atoms with Gasteiger partial charge in [-0.1, -0.05) is 6.92 Å². The first-order valence-corrected chi connectivity index (χ1v) is 9.17. The third kappa shape index (κ3) is 2.97. The molecular weight excluding hydrogens is 320 g/mol. The van der Waals surface area contributed by atoms with Gasteiger partial charge in [0.2, 0.25) is 5.91 Å². The molecule has 0 radical (unpaired) electrons. The zero-order valence-corrected chi connectivity index (χ0v) is 14.5. The van der Waals surface area contributed by atoms with Crippen LogP contribution in [0, 0.1) is 5.92 Å². The second-order valence-electron chi connectivity index (χ2n) is 6.95. The van der Waals surface area contributed by atoms with Crippen molar-refractivity contribution in [1.29, 1.82) is 0 Å². The van der Waals surface area contributed by atoms with E-state index in [1.165, 1.54) is 4.52 Å². The summed E-state index contributed by atoms with van der Waals surface area (Å²) < 4.78 is 6.87. The normalized spacial score (nSPS) is 24.1. The number of carbonyl (C=O) groups excluding carboxylic acids is 1. The van der Waals surface area contributed by atoms with Gasteiger partial charge in [-0.2, -0.15) is 0 Å². The Morgan fingerprint density at radius 2 is 2.24 bits per heavy atom. The van der Waals surface area contributed by atoms with Crippen molar-refractivity contribution in [3.63, 3.8) is 0 Å². The maximum Gasteiger partial charge on any atom is 0.272 e. The number of nitrogens with one attached hydrogen (secondary N) is 1. The standard InChI is InChI=1S/C18H24N4O3/c1-2-13-9-17(23)22-16(19-13)10-14(20-22)15-5-3-4-7-21(15)18(24)12-6-8-25-11-12/h9-10,12,15,20H,2-8,11H2,1H3. The Hall–Kier alpha value is -2.15. The molecule has 4 heterocycles. The van der Waals surface area contributed by atoms with Gasteiger partial charge in [0.15, 0.2) is 5.65 Å². The second kappa shape index (κ2) is 6.63. The van der Waals surface area contributed by atoms with Crippen molar-refractivity contribution in [2.24, 2.45) is 5.92 Å². The Morgan fingerprint density at radius 1 is 1.36 bits per heavy atom. The van der Waals surface area contributed by atoms with E-state index in [0.29, 0.717) is 18.9 Å². The second-order valence-corrected chi connectivity index (χ2v) is 6.95. The minimum Gasteiger partial charge on any atom is -0.381 e. The van der Waals surface area contributed by atoms with Crippen LogP contribution in [0.1, 0.15) is 50.0 Å². The van der Waals surface area contributed by atoms with Crippen LogP contribution in [0.3, 0.4) is 0 Å². The number of aromatic nitrogens is 3. The molecule has 2 aromatic heterocycles. The van der Waals surface area contributed by atoms with Crippen molar-refractivity contribution < 1.29 is 9.53 Å². The number of aromatic amines is 1. The molecule has 2 aromatic rings. The molecule has 7 nitrogen and oxygen atoms in total. The monoisotopic (exact) mass is 344 g/mol. The number of fused-ring (bicyclic) bond motifs is 1. The number of carbonyl (C=O) groups is 1. The van der Waals surface area contributed by atoms with Crippen LogP contribution in [0.4, 0.5) is 0 Å². The molecule has 0 saturated carbocycles. The molecule has 2 fully saturated rings. The van der Waals surface area contributed by atoms with Crippen LogP contribution in [-0.4, -0.2) is 45.2 Å². The Labute approximate surface area is 146 Å². The van der Waals surface area contributed by atoms with Gasteiger partial charge in [0.1, 0.15) is 0 Å². The lowest BCUT2D eigenvalue weighted by Crippen LogP contribution is -2.42. The maximum absolute atomic E-state index is 12.9. The first-order chi connectivity index (χ1) is 12.2. The molecule has 2 aliphatic rings. The quantitative estimate of drug-likeness (QED) is 0.919. The third-order valence-electron chi connectivity index (χ3n) is 5.31. The third-order valence-corrected chi connectivity index (χ3v) is 5.31. The van der Waals surface area contributed by atoms with Crippen LogP contribution in [0.15, 0.2) is 16.9 Å². The van der Waals surface area contributed by atoms with Crippen molar-refractivity contribution in [3.05, 3.63) is 33.9 Å². The van der Waals surface area contributed by atoms with Gasteiger partial charge in [-0.05, 0) is 32.1 Å². The largest absolute Gasteiger partial charge is 0.381 e. The van der Waals surface area contributed by atoms with Gasteiger partial charge in [-0.15, -0.1) is 0 Å². The zero-order valence-electron chi connectivity index (χ0n) is 14.5. The van der Waals surface area contributed by atoms with Crippen LogP contribution in [0.5, 0.6) is 0 Å². The van der Waals surface area contributed by atoms with Gasteiger partial charge in [0.05, 0.1) is 24.3 Å². The molecule has 1 amide bonds. The van der Waals surface area contributed by atoms with E-state index in [1.54, 1.807) is 6.07 Å². The number of amides is 1. The average Bonchev–Trinajstić information content (AvgIpc) is 3.31. The first-order valence-electron chi connectivity index (χ1n) is 9.17. The van der Waals surface area contributed by atoms with Crippen LogP contribution in [-0.2, 0) is 16.0 Å². The summed E-state index contributed by atoms with van der Waals surface area (Å²) in [6, 6.07) is 3.46. The van der Waals surface area contributed by atoms with Crippen molar-refractivity contribution in [2.45, 2.75) is 45.1 Å². The summed E-state index contributed by atoms with van der Waals surface area (Å²) in [4.78, 5) is 31.7. The molecule has 7 heteroatoms. The number of H-pyrrole nitrogens is 1. The average molecular weight is 344 g/mol. The number of likely N-dealkylation sites (tertiary alicyclic amines) is 1. The van der Waals surface area contributed by atoms with Crippen LogP contribution in [0.25, 0.3) is 5.65 Å². The Bertz CT molecular complexity index is 834. The molecule has 0 bridgehead atoms. The number of ether oxygens (including phenoxy) is 1. The van der Waals surface area contributed by atoms with E-state index in [-0.39, 0.29) is 23.4 Å². The van der Waals surface area contributed by atoms with E-state index >= 15 is 0 Å². The van der Waals surface area contributed by atoms with Gasteiger partial charge >= 0.3 is 0 Å². The number of nitrogens with zero attached hydrogens (tertiary/aromatic N) is 3. The maximum atomic E-state index is 12.9. The number of hydrogen-bond acceptors (Lipinski definition) is 4. The Kier molecular flexibility index (Phi) is 4.33. The summed E-state index contributed by atoms with van der Waals surface area (Å²) in [6.45, 7) is 3.94. The summed E-state index contributed by atoms with van der Waals surface area (Å²) in [5, 5.41) is 3.18. The smallest absolute Gasteiger partial charge is 0.272 e. The summed E-state index contributed by atoms with van der Waals surface area (Å²) in [5.74, 6) is 0.146. The number of aryl methyl sites for hydroxylation is 1. The molecule has 2 atom stereocenters. The number of piperidine rings is 1. The number of rotatable bonds is 3. The molecule has 0 aromatic carbocycles. The lowest BCUT2D eigenvalue weighted by molar-refractivity contribution is -0.139. The molecule has 2 aliphatic heterocycles. The lowest BCUT2D eigenvalue weighted by atomic mass is 9.96. The summed E-state index contributed by atoms with van der Waals surface area (Å²) in [6.07, 6.45) is 4.53. The van der Waals surface area contributed by atoms with Gasteiger partial charge < -0.3 is 9.64 Å². The Balaban J connectivity index is 1.68. The predicted octanol–water partition coefficient (Wildman–Crippen LogP) is 1.68. The van der Waals surface area contributed by atoms with E-state index in [1.807, 2.05) is 17.9 Å². The van der Waals surface area contributed by atoms with Gasteiger partial charge in [-0.25, -0.2) is 9.50 Å². The topological polar surface area (TPSA) is 79.7 Å². The highest BCUT2D eigenvalue weighted by molar-refractivity contribution is 5.79. The molecule has 1 N–H and O–H groups in total. The van der Waals surface area contributed by atoms with E-state index < -0.39 is 0 Å². The van der Waals surface area contributed by atoms with Crippen molar-refractivity contribution in [2.75, 3.05) is 19.8 Å². The highest BCUT2D eigenvalue weighted by atomic mass is 16.5. The molecule has 134 valence electrons. The SMILES string of the molecule is CCc1cc(=O)n2[nH]c(C3CCCCN3C(=O)C3CCOC3)cc2n1. The lowest BCUT2D eigenvalue weighted by Gasteiger charge is -2.36. The zero-order chi connectivity index (χ0) is 17.4. The predicted molar refractivity (Wildman–Crippen MR) is 92.4 cm³/mol. The van der Waals surface area contributed by atoms with Gasteiger partial charge in [0, 0.05) is 31.0 Å². The van der Waals surface area contributed by atoms with E-state index in [0.717, 1.165) is 50.0 Å². The van der Waals surface area contributed by atoms with Crippen molar-refractivity contribution >= 4 is 11.6 Å². The molecule has 0 spiro atoms. The van der Waals surface area contributed by atoms with Crippen LogP contribution in [0.2, 0.25) is 0 Å². The van der Waals surface area contributed by atoms with Crippen molar-refractivity contribution in [1.82, 2.24) is 19.5 Å². The highest BCUT2D eigenvalue weighted by Crippen LogP contribution is 2.32. The highest BCUT2D eigenvalue weighted by Gasteiger charge is 2.35. The minimum absolute atomic E-state index is 0.0203. The van der Waals surface area contributed by atoms with E-state index in [2.05, 4.69) is 10.1 Å². The van der Waals surface area contributed by atoms with Gasteiger partial charge in [-0.3, -0.25) is 14.7 Å². The molecule has 2 unspecified atom stereocenters. The number of hydrogen-bond donors (Lipinski definition) is 1. The minimum atomic E-state index is -0.106. The first kappa shape index (κ1) is 16.3. The van der Waals surface area contributed by atoms with E-state index in [9.17, 15) is 9.59 Å². The summed E-state index contributed by atoms with van der Waals surface area (Å²) in [7, 11) is 0. The van der Waals surface area contributed by atoms with Crippen molar-refractivity contribution in [3.8, 4) is 0 Å². The fourth-order valence-corrected chi connectivity index (χ4v) is 3.89. The molecular formula is C18H24N4O3. The fourth-order valence-electron chi connectivity index (χ4n) is 3.89. The fraction of sp³-hybridized carbons (Fsp3) is 0.611. The molecule has 4 rings (SSSR count). The van der Waals surface area contributed by atoms with Crippen LogP contribution < -0.4 is 5.56 Å². The molecule has 2 saturated heterocycles. The molecule has 25 heavy (non-hydrogen) atoms. The molecule has 0 aliphatic carbocycles. The van der Waals surface area contributed by atoms with E-state index in [4.69, 9.17) is 4.74 Å². The summed E-state index contributed by atoms with van der Waals surface area (Å²) in [5.41, 5.74) is 2.20. The summed E-state index contributed by atoms with van der Waals surface area (Å²) >= 11 is 0.